The minimum atomic E-state index is -3.36. The van der Waals surface area contributed by atoms with Crippen LogP contribution in [0.1, 0.15) is 12.5 Å². The number of halogens is 2. The second-order valence-corrected chi connectivity index (χ2v) is 6.35. The van der Waals surface area contributed by atoms with Crippen LogP contribution in [0.4, 0.5) is 0 Å². The van der Waals surface area contributed by atoms with Crippen molar-refractivity contribution < 1.29 is 8.42 Å². The molecule has 0 aliphatic heterocycles. The van der Waals surface area contributed by atoms with Gasteiger partial charge in [0.1, 0.15) is 5.21 Å². The molecule has 1 unspecified atom stereocenters. The van der Waals surface area contributed by atoms with Crippen LogP contribution in [0.2, 0.25) is 5.02 Å². The van der Waals surface area contributed by atoms with E-state index >= 15 is 0 Å². The highest BCUT2D eigenvalue weighted by molar-refractivity contribution is 7.90. The largest absolute Gasteiger partial charge is 0.225 e. The summed E-state index contributed by atoms with van der Waals surface area (Å²) >= 11 is 11.0. The second-order valence-electron chi connectivity index (χ2n) is 3.57. The molecule has 0 fully saturated rings. The summed E-state index contributed by atoms with van der Waals surface area (Å²) in [5.74, 6) is 0. The van der Waals surface area contributed by atoms with Crippen molar-refractivity contribution in [2.45, 2.75) is 19.4 Å². The smallest absolute Gasteiger partial charge is 0.211 e. The molecule has 1 N–H and O–H groups in total. The minimum Gasteiger partial charge on any atom is -0.211 e. The van der Waals surface area contributed by atoms with Gasteiger partial charge in [-0.2, -0.15) is 0 Å². The first-order valence-electron chi connectivity index (χ1n) is 4.73. The molecule has 1 aromatic rings. The van der Waals surface area contributed by atoms with E-state index in [2.05, 4.69) is 4.72 Å². The van der Waals surface area contributed by atoms with Gasteiger partial charge in [-0.05, 0) is 31.0 Å². The highest BCUT2D eigenvalue weighted by Crippen LogP contribution is 2.11. The quantitative estimate of drug-likeness (QED) is 0.843. The van der Waals surface area contributed by atoms with Gasteiger partial charge in [0.2, 0.25) is 10.0 Å². The van der Waals surface area contributed by atoms with Gasteiger partial charge in [0.25, 0.3) is 0 Å². The fraction of sp³-hybridized carbons (Fsp3) is 0.400. The highest BCUT2D eigenvalue weighted by Gasteiger charge is 2.12. The molecule has 1 atom stereocenters. The lowest BCUT2D eigenvalue weighted by Crippen LogP contribution is -2.34. The van der Waals surface area contributed by atoms with Crippen LogP contribution in [-0.2, 0) is 16.4 Å². The standard InChI is InChI=1S/C10H13Cl2NO2S/c1-8(13-16(14,15)7-11)6-9-2-4-10(12)5-3-9/h2-5,8,13H,6-7H2,1H3. The number of sulfonamides is 1. The topological polar surface area (TPSA) is 46.2 Å². The maximum atomic E-state index is 11.2. The van der Waals surface area contributed by atoms with Gasteiger partial charge in [-0.25, -0.2) is 13.1 Å². The molecular weight excluding hydrogens is 269 g/mol. The average Bonchev–Trinajstić information content (AvgIpc) is 2.21. The zero-order valence-electron chi connectivity index (χ0n) is 8.78. The molecular formula is C10H13Cl2NO2S. The van der Waals surface area contributed by atoms with Gasteiger partial charge in [-0.15, -0.1) is 11.6 Å². The van der Waals surface area contributed by atoms with E-state index in [1.165, 1.54) is 0 Å². The van der Waals surface area contributed by atoms with Gasteiger partial charge in [0, 0.05) is 11.1 Å². The zero-order chi connectivity index (χ0) is 12.2. The predicted molar refractivity (Wildman–Crippen MR) is 67.4 cm³/mol. The number of hydrogen-bond acceptors (Lipinski definition) is 2. The Balaban J connectivity index is 2.58. The predicted octanol–water partition coefficient (Wildman–Crippen LogP) is 2.39. The van der Waals surface area contributed by atoms with Crippen molar-refractivity contribution in [3.8, 4) is 0 Å². The Morgan fingerprint density at radius 1 is 1.31 bits per heavy atom. The van der Waals surface area contributed by atoms with Gasteiger partial charge in [-0.3, -0.25) is 0 Å². The molecule has 1 rings (SSSR count). The van der Waals surface area contributed by atoms with Crippen LogP contribution in [-0.4, -0.2) is 19.7 Å². The average molecular weight is 282 g/mol. The molecule has 0 bridgehead atoms. The summed E-state index contributed by atoms with van der Waals surface area (Å²) < 4.78 is 24.9. The highest BCUT2D eigenvalue weighted by atomic mass is 35.5. The molecule has 90 valence electrons. The zero-order valence-corrected chi connectivity index (χ0v) is 11.1. The summed E-state index contributed by atoms with van der Waals surface area (Å²) in [6.07, 6.45) is 0.604. The first kappa shape index (κ1) is 13.8. The number of rotatable bonds is 5. The van der Waals surface area contributed by atoms with Crippen LogP contribution < -0.4 is 4.72 Å². The van der Waals surface area contributed by atoms with Crippen LogP contribution in [0, 0.1) is 0 Å². The van der Waals surface area contributed by atoms with Crippen LogP contribution in [0.5, 0.6) is 0 Å². The number of hydrogen-bond donors (Lipinski definition) is 1. The molecule has 0 heterocycles. The number of nitrogens with one attached hydrogen (secondary N) is 1. The van der Waals surface area contributed by atoms with Crippen molar-refractivity contribution in [1.29, 1.82) is 0 Å². The molecule has 0 amide bonds. The lowest BCUT2D eigenvalue weighted by atomic mass is 10.1. The van der Waals surface area contributed by atoms with Crippen molar-refractivity contribution >= 4 is 33.2 Å². The van der Waals surface area contributed by atoms with Crippen molar-refractivity contribution in [3.05, 3.63) is 34.9 Å². The first-order valence-corrected chi connectivity index (χ1v) is 7.30. The minimum absolute atomic E-state index is 0.190. The summed E-state index contributed by atoms with van der Waals surface area (Å²) in [6, 6.07) is 7.10. The maximum absolute atomic E-state index is 11.2. The molecule has 0 saturated carbocycles. The second kappa shape index (κ2) is 5.87. The third-order valence-electron chi connectivity index (χ3n) is 1.98. The summed E-state index contributed by atoms with van der Waals surface area (Å²) in [5.41, 5.74) is 1.02. The Bertz CT molecular complexity index is 431. The molecule has 0 saturated heterocycles. The van der Waals surface area contributed by atoms with Crippen LogP contribution >= 0.6 is 23.2 Å². The van der Waals surface area contributed by atoms with Crippen LogP contribution in [0.15, 0.2) is 24.3 Å². The van der Waals surface area contributed by atoms with Crippen molar-refractivity contribution in [2.24, 2.45) is 0 Å². The molecule has 0 aliphatic rings. The third-order valence-corrected chi connectivity index (χ3v) is 4.14. The normalized spacial score (nSPS) is 13.7. The van der Waals surface area contributed by atoms with E-state index in [0.717, 1.165) is 5.56 Å². The lowest BCUT2D eigenvalue weighted by Gasteiger charge is -2.12. The molecule has 0 aromatic heterocycles. The monoisotopic (exact) mass is 281 g/mol. The fourth-order valence-corrected chi connectivity index (χ4v) is 2.43. The Morgan fingerprint density at radius 3 is 2.38 bits per heavy atom. The van der Waals surface area contributed by atoms with E-state index in [0.29, 0.717) is 11.4 Å². The Morgan fingerprint density at radius 2 is 1.88 bits per heavy atom. The Kier molecular flexibility index (Phi) is 5.05. The van der Waals surface area contributed by atoms with Gasteiger partial charge >= 0.3 is 0 Å². The van der Waals surface area contributed by atoms with Gasteiger partial charge in [0.15, 0.2) is 0 Å². The summed E-state index contributed by atoms with van der Waals surface area (Å²) in [4.78, 5) is 0. The lowest BCUT2D eigenvalue weighted by molar-refractivity contribution is 0.564. The molecule has 3 nitrogen and oxygen atoms in total. The Hall–Kier alpha value is -0.290. The van der Waals surface area contributed by atoms with Gasteiger partial charge in [-0.1, -0.05) is 23.7 Å². The number of benzene rings is 1. The van der Waals surface area contributed by atoms with E-state index in [9.17, 15) is 8.42 Å². The fourth-order valence-electron chi connectivity index (χ4n) is 1.35. The molecule has 0 spiro atoms. The van der Waals surface area contributed by atoms with Gasteiger partial charge < -0.3 is 0 Å². The van der Waals surface area contributed by atoms with Crippen molar-refractivity contribution in [3.63, 3.8) is 0 Å². The summed E-state index contributed by atoms with van der Waals surface area (Å²) in [7, 11) is -3.36. The molecule has 16 heavy (non-hydrogen) atoms. The molecule has 1 aromatic carbocycles. The third kappa shape index (κ3) is 4.70. The van der Waals surface area contributed by atoms with E-state index in [-0.39, 0.29) is 6.04 Å². The molecule has 6 heteroatoms. The molecule has 0 radical (unpaired) electrons. The van der Waals surface area contributed by atoms with E-state index < -0.39 is 15.2 Å². The van der Waals surface area contributed by atoms with E-state index in [4.69, 9.17) is 23.2 Å². The SMILES string of the molecule is CC(Cc1ccc(Cl)cc1)NS(=O)(=O)CCl. The van der Waals surface area contributed by atoms with E-state index in [1.54, 1.807) is 19.1 Å². The van der Waals surface area contributed by atoms with Crippen LogP contribution in [0.25, 0.3) is 0 Å². The number of alkyl halides is 1. The van der Waals surface area contributed by atoms with E-state index in [1.807, 2.05) is 12.1 Å². The van der Waals surface area contributed by atoms with Crippen LogP contribution in [0.3, 0.4) is 0 Å². The first-order chi connectivity index (χ1) is 7.43. The maximum Gasteiger partial charge on any atom is 0.225 e. The van der Waals surface area contributed by atoms with Crippen molar-refractivity contribution in [2.75, 3.05) is 5.21 Å². The Labute approximate surface area is 106 Å². The summed E-state index contributed by atoms with van der Waals surface area (Å²) in [6.45, 7) is 1.79. The summed E-state index contributed by atoms with van der Waals surface area (Å²) in [5, 5.41) is 0.246. The van der Waals surface area contributed by atoms with Gasteiger partial charge in [0.05, 0.1) is 0 Å². The van der Waals surface area contributed by atoms with Crippen molar-refractivity contribution in [1.82, 2.24) is 4.72 Å². The molecule has 0 aliphatic carbocycles.